The number of H-pyrrole nitrogens is 2. The van der Waals surface area contributed by atoms with Gasteiger partial charge in [0.25, 0.3) is 5.69 Å². The molecule has 3 heterocycles. The van der Waals surface area contributed by atoms with Gasteiger partial charge in [-0.05, 0) is 0 Å². The van der Waals surface area contributed by atoms with Crippen LogP contribution < -0.4 is 0 Å². The molecule has 0 saturated heterocycles. The number of fused-ring (bicyclic) bond motifs is 1. The second kappa shape index (κ2) is 5.32. The summed E-state index contributed by atoms with van der Waals surface area (Å²) in [6, 6.07) is 1.22. The van der Waals surface area contributed by atoms with Gasteiger partial charge in [0, 0.05) is 6.07 Å². The molecule has 0 bridgehead atoms. The Hall–Kier alpha value is -2.75. The lowest BCUT2D eigenvalue weighted by molar-refractivity contribution is -0.384. The van der Waals surface area contributed by atoms with Crippen LogP contribution in [0.5, 0.6) is 0 Å². The van der Waals surface area contributed by atoms with Crippen LogP contribution in [0.25, 0.3) is 11.2 Å². The predicted molar refractivity (Wildman–Crippen MR) is 74.2 cm³/mol. The van der Waals surface area contributed by atoms with Gasteiger partial charge in [-0.3, -0.25) is 14.9 Å². The Balaban J connectivity index is 1.73. The van der Waals surface area contributed by atoms with Gasteiger partial charge in [0.1, 0.15) is 16.9 Å². The van der Waals surface area contributed by atoms with Gasteiger partial charge in [0.2, 0.25) is 0 Å². The van der Waals surface area contributed by atoms with Crippen molar-refractivity contribution in [3.8, 4) is 0 Å². The smallest absolute Gasteiger partial charge is 0.287 e. The molecular formula is C11H8N6O3S. The fraction of sp³-hybridized carbons (Fsp3) is 0.0909. The third-order valence-electron chi connectivity index (χ3n) is 2.71. The number of ketones is 1. The van der Waals surface area contributed by atoms with E-state index in [-0.39, 0.29) is 22.9 Å². The first-order valence-corrected chi connectivity index (χ1v) is 6.76. The lowest BCUT2D eigenvalue weighted by Crippen LogP contribution is -2.03. The fourth-order valence-corrected chi connectivity index (χ4v) is 2.55. The highest BCUT2D eigenvalue weighted by atomic mass is 32.2. The summed E-state index contributed by atoms with van der Waals surface area (Å²) in [6.45, 7) is 0. The largest absolute Gasteiger partial charge is 0.353 e. The monoisotopic (exact) mass is 304 g/mol. The second-order valence-electron chi connectivity index (χ2n) is 4.02. The van der Waals surface area contributed by atoms with Crippen LogP contribution in [0.3, 0.4) is 0 Å². The van der Waals surface area contributed by atoms with Gasteiger partial charge >= 0.3 is 0 Å². The molecule has 0 fully saturated rings. The number of imidazole rings is 1. The number of nitrogens with zero attached hydrogens (tertiary/aromatic N) is 4. The summed E-state index contributed by atoms with van der Waals surface area (Å²) in [7, 11) is 0. The normalized spacial score (nSPS) is 10.9. The van der Waals surface area contributed by atoms with Crippen molar-refractivity contribution < 1.29 is 9.72 Å². The molecule has 10 heteroatoms. The van der Waals surface area contributed by atoms with Crippen LogP contribution in [0.15, 0.2) is 29.9 Å². The number of hydrogen-bond donors (Lipinski definition) is 2. The van der Waals surface area contributed by atoms with Gasteiger partial charge in [0.15, 0.2) is 11.4 Å². The number of aromatic amines is 2. The van der Waals surface area contributed by atoms with Crippen LogP contribution in [0, 0.1) is 10.1 Å². The molecule has 0 amide bonds. The van der Waals surface area contributed by atoms with Gasteiger partial charge in [-0.15, -0.1) is 0 Å². The molecule has 0 radical (unpaired) electrons. The van der Waals surface area contributed by atoms with Crippen molar-refractivity contribution in [3.63, 3.8) is 0 Å². The number of Topliss-reactive ketones (excluding diaryl/α,β-unsaturated/α-hetero) is 1. The Morgan fingerprint density at radius 2 is 2.19 bits per heavy atom. The standard InChI is InChI=1S/C11H8N6O3S/c18-8(7-1-6(2-12-7)17(19)20)3-21-11-9-10(14-4-13-9)15-5-16-11/h1-2,4-5,12H,3H2,(H,13,14,15,16). The zero-order valence-corrected chi connectivity index (χ0v) is 11.3. The van der Waals surface area contributed by atoms with Gasteiger partial charge in [-0.2, -0.15) is 0 Å². The molecule has 0 spiro atoms. The Morgan fingerprint density at radius 3 is 2.95 bits per heavy atom. The Labute approximate surface area is 121 Å². The number of carbonyl (C=O) groups excluding carboxylic acids is 1. The van der Waals surface area contributed by atoms with Crippen LogP contribution in [-0.2, 0) is 0 Å². The van der Waals surface area contributed by atoms with Crippen molar-refractivity contribution in [2.24, 2.45) is 0 Å². The molecule has 21 heavy (non-hydrogen) atoms. The van der Waals surface area contributed by atoms with Crippen molar-refractivity contribution in [3.05, 3.63) is 40.7 Å². The number of aromatic nitrogens is 5. The van der Waals surface area contributed by atoms with Crippen LogP contribution in [-0.4, -0.2) is 41.4 Å². The highest BCUT2D eigenvalue weighted by molar-refractivity contribution is 8.00. The Kier molecular flexibility index (Phi) is 3.36. The fourth-order valence-electron chi connectivity index (χ4n) is 1.71. The van der Waals surface area contributed by atoms with Gasteiger partial charge in [-0.25, -0.2) is 15.0 Å². The van der Waals surface area contributed by atoms with Crippen molar-refractivity contribution in [2.75, 3.05) is 5.75 Å². The summed E-state index contributed by atoms with van der Waals surface area (Å²) in [4.78, 5) is 39.6. The SMILES string of the molecule is O=C(CSc1ncnc2nc[nH]c12)c1cc([N+](=O)[O-])c[nH]1. The number of thioether (sulfide) groups is 1. The summed E-state index contributed by atoms with van der Waals surface area (Å²) >= 11 is 1.21. The van der Waals surface area contributed by atoms with Crippen molar-refractivity contribution in [2.45, 2.75) is 5.03 Å². The third-order valence-corrected chi connectivity index (χ3v) is 3.70. The minimum Gasteiger partial charge on any atom is -0.353 e. The van der Waals surface area contributed by atoms with Gasteiger partial charge < -0.3 is 9.97 Å². The molecule has 3 rings (SSSR count). The van der Waals surface area contributed by atoms with E-state index in [9.17, 15) is 14.9 Å². The van der Waals surface area contributed by atoms with Gasteiger partial charge in [0.05, 0.1) is 28.9 Å². The maximum atomic E-state index is 12.0. The highest BCUT2D eigenvalue weighted by Crippen LogP contribution is 2.23. The number of rotatable bonds is 5. The van der Waals surface area contributed by atoms with Crippen LogP contribution >= 0.6 is 11.8 Å². The summed E-state index contributed by atoms with van der Waals surface area (Å²) in [5, 5.41) is 11.2. The highest BCUT2D eigenvalue weighted by Gasteiger charge is 2.16. The minimum atomic E-state index is -0.557. The van der Waals surface area contributed by atoms with E-state index in [2.05, 4.69) is 24.9 Å². The molecule has 3 aromatic rings. The van der Waals surface area contributed by atoms with Crippen LogP contribution in [0.2, 0.25) is 0 Å². The van der Waals surface area contributed by atoms with Crippen molar-refractivity contribution in [1.29, 1.82) is 0 Å². The predicted octanol–water partition coefficient (Wildman–Crippen LogP) is 1.56. The van der Waals surface area contributed by atoms with E-state index < -0.39 is 4.92 Å². The maximum absolute atomic E-state index is 12.0. The van der Waals surface area contributed by atoms with E-state index in [1.807, 2.05) is 0 Å². The molecule has 2 N–H and O–H groups in total. The maximum Gasteiger partial charge on any atom is 0.287 e. The summed E-state index contributed by atoms with van der Waals surface area (Å²) < 4.78 is 0. The average molecular weight is 304 g/mol. The molecule has 0 saturated carbocycles. The topological polar surface area (TPSA) is 130 Å². The molecule has 0 aliphatic carbocycles. The van der Waals surface area contributed by atoms with E-state index >= 15 is 0 Å². The third kappa shape index (κ3) is 2.60. The Bertz CT molecular complexity index is 826. The molecule has 3 aromatic heterocycles. The average Bonchev–Trinajstić information content (AvgIpc) is 3.13. The van der Waals surface area contributed by atoms with E-state index in [1.54, 1.807) is 0 Å². The lowest BCUT2D eigenvalue weighted by Gasteiger charge is -1.99. The van der Waals surface area contributed by atoms with Crippen LogP contribution in [0.1, 0.15) is 10.5 Å². The number of nitrogens with one attached hydrogen (secondary N) is 2. The van der Waals surface area contributed by atoms with Crippen LogP contribution in [0.4, 0.5) is 5.69 Å². The molecule has 0 unspecified atom stereocenters. The number of nitro groups is 1. The van der Waals surface area contributed by atoms with Crippen molar-refractivity contribution in [1.82, 2.24) is 24.9 Å². The molecule has 9 nitrogen and oxygen atoms in total. The first-order valence-electron chi connectivity index (χ1n) is 5.78. The zero-order valence-electron chi connectivity index (χ0n) is 10.4. The summed E-state index contributed by atoms with van der Waals surface area (Å²) in [5.41, 5.74) is 1.24. The molecule has 106 valence electrons. The lowest BCUT2D eigenvalue weighted by atomic mass is 10.3. The first-order chi connectivity index (χ1) is 10.1. The number of carbonyl (C=O) groups is 1. The first kappa shape index (κ1) is 13.2. The number of hydrogen-bond acceptors (Lipinski definition) is 7. The zero-order chi connectivity index (χ0) is 14.8. The quantitative estimate of drug-likeness (QED) is 0.240. The molecule has 0 atom stereocenters. The van der Waals surface area contributed by atoms with E-state index in [4.69, 9.17) is 0 Å². The summed E-state index contributed by atoms with van der Waals surface area (Å²) in [6.07, 6.45) is 4.06. The molecule has 0 aliphatic rings. The second-order valence-corrected chi connectivity index (χ2v) is 4.98. The van der Waals surface area contributed by atoms with Gasteiger partial charge in [-0.1, -0.05) is 11.8 Å². The molecule has 0 aliphatic heterocycles. The van der Waals surface area contributed by atoms with Crippen molar-refractivity contribution >= 4 is 34.4 Å². The molecule has 0 aromatic carbocycles. The van der Waals surface area contributed by atoms with E-state index in [0.29, 0.717) is 16.2 Å². The molecular weight excluding hydrogens is 296 g/mol. The summed E-state index contributed by atoms with van der Waals surface area (Å²) in [5.74, 6) is -0.151. The van der Waals surface area contributed by atoms with E-state index in [0.717, 1.165) is 0 Å². The van der Waals surface area contributed by atoms with E-state index in [1.165, 1.54) is 36.7 Å². The Morgan fingerprint density at radius 1 is 1.33 bits per heavy atom. The minimum absolute atomic E-state index is 0.100.